The van der Waals surface area contributed by atoms with Crippen LogP contribution in [-0.2, 0) is 0 Å². The minimum absolute atomic E-state index is 0.167. The summed E-state index contributed by atoms with van der Waals surface area (Å²) in [6, 6.07) is 8.60. The van der Waals surface area contributed by atoms with Crippen LogP contribution in [0.25, 0.3) is 0 Å². The molecule has 0 amide bonds. The fourth-order valence-electron chi connectivity index (χ4n) is 1.84. The van der Waals surface area contributed by atoms with Crippen LogP contribution in [0.4, 0.5) is 0 Å². The smallest absolute Gasteiger partial charge is 0.197 e. The Kier molecular flexibility index (Phi) is 5.51. The number of carbonyl (C=O) groups excluding carboxylic acids is 1. The Hall–Kier alpha value is -0.790. The van der Waals surface area contributed by atoms with Gasteiger partial charge in [0.2, 0.25) is 0 Å². The second-order valence-corrected chi connectivity index (χ2v) is 6.57. The van der Waals surface area contributed by atoms with E-state index in [4.69, 9.17) is 21.1 Å². The van der Waals surface area contributed by atoms with Crippen molar-refractivity contribution in [2.75, 3.05) is 14.2 Å². The van der Waals surface area contributed by atoms with E-state index in [0.717, 1.165) is 3.57 Å². The van der Waals surface area contributed by atoms with Crippen LogP contribution in [0.1, 0.15) is 15.9 Å². The van der Waals surface area contributed by atoms with E-state index in [1.807, 2.05) is 0 Å². The highest BCUT2D eigenvalue weighted by Gasteiger charge is 2.20. The maximum Gasteiger partial charge on any atom is 0.197 e. The molecule has 110 valence electrons. The third-order valence-electron chi connectivity index (χ3n) is 2.89. The van der Waals surface area contributed by atoms with Crippen LogP contribution >= 0.6 is 50.1 Å². The van der Waals surface area contributed by atoms with Crippen molar-refractivity contribution in [1.82, 2.24) is 0 Å². The molecule has 0 unspecified atom stereocenters. The number of carbonyl (C=O) groups is 1. The molecule has 0 heterocycles. The van der Waals surface area contributed by atoms with E-state index in [0.29, 0.717) is 32.1 Å². The number of halogens is 3. The molecule has 0 radical (unpaired) electrons. The fraction of sp³-hybridized carbons (Fsp3) is 0.133. The average Bonchev–Trinajstić information content (AvgIpc) is 2.48. The van der Waals surface area contributed by atoms with Gasteiger partial charge in [-0.25, -0.2) is 0 Å². The molecule has 2 rings (SSSR count). The summed E-state index contributed by atoms with van der Waals surface area (Å²) >= 11 is 11.6. The van der Waals surface area contributed by atoms with Crippen LogP contribution in [0.3, 0.4) is 0 Å². The van der Waals surface area contributed by atoms with Gasteiger partial charge in [-0.3, -0.25) is 4.79 Å². The summed E-state index contributed by atoms with van der Waals surface area (Å²) in [6.45, 7) is 0. The zero-order valence-electron chi connectivity index (χ0n) is 11.2. The second-order valence-electron chi connectivity index (χ2n) is 4.14. The molecule has 2 aromatic rings. The maximum atomic E-state index is 12.7. The number of hydrogen-bond donors (Lipinski definition) is 0. The predicted molar refractivity (Wildman–Crippen MR) is 94.8 cm³/mol. The molecular weight excluding hydrogens is 470 g/mol. The molecule has 0 spiro atoms. The van der Waals surface area contributed by atoms with Crippen molar-refractivity contribution < 1.29 is 14.3 Å². The van der Waals surface area contributed by atoms with Crippen LogP contribution in [0, 0.1) is 3.57 Å². The monoisotopic (exact) mass is 480 g/mol. The molecule has 0 saturated heterocycles. The molecule has 3 nitrogen and oxygen atoms in total. The molecule has 0 fully saturated rings. The van der Waals surface area contributed by atoms with Gasteiger partial charge < -0.3 is 9.47 Å². The summed E-state index contributed by atoms with van der Waals surface area (Å²) in [5, 5.41) is 0.546. The summed E-state index contributed by atoms with van der Waals surface area (Å²) in [5.74, 6) is 0.886. The van der Waals surface area contributed by atoms with Crippen LogP contribution in [0.5, 0.6) is 11.5 Å². The lowest BCUT2D eigenvalue weighted by Crippen LogP contribution is -2.06. The highest BCUT2D eigenvalue weighted by molar-refractivity contribution is 14.1. The molecule has 0 aliphatic heterocycles. The van der Waals surface area contributed by atoms with Gasteiger partial charge in [0.05, 0.1) is 24.8 Å². The van der Waals surface area contributed by atoms with Gasteiger partial charge in [0.15, 0.2) is 5.78 Å². The third-order valence-corrected chi connectivity index (χ3v) is 5.09. The predicted octanol–water partition coefficient (Wildman–Crippen LogP) is 4.96. The number of ether oxygens (including phenoxy) is 2. The molecule has 0 atom stereocenters. The summed E-state index contributed by atoms with van der Waals surface area (Å²) in [5.41, 5.74) is 0.945. The SMILES string of the molecule is COc1cc(Br)c(C(=O)c2ccc(I)c(Cl)c2)c(OC)c1. The minimum atomic E-state index is -0.167. The van der Waals surface area contributed by atoms with Crippen molar-refractivity contribution in [3.05, 3.63) is 54.5 Å². The number of hydrogen-bond acceptors (Lipinski definition) is 3. The first-order chi connectivity index (χ1) is 9.97. The van der Waals surface area contributed by atoms with Gasteiger partial charge in [0.25, 0.3) is 0 Å². The van der Waals surface area contributed by atoms with Crippen molar-refractivity contribution in [2.24, 2.45) is 0 Å². The molecule has 0 aliphatic rings. The summed E-state index contributed by atoms with van der Waals surface area (Å²) in [6.07, 6.45) is 0. The van der Waals surface area contributed by atoms with Gasteiger partial charge in [-0.15, -0.1) is 0 Å². The molecule has 21 heavy (non-hydrogen) atoms. The largest absolute Gasteiger partial charge is 0.497 e. The first-order valence-corrected chi connectivity index (χ1v) is 8.14. The zero-order valence-corrected chi connectivity index (χ0v) is 15.7. The standard InChI is InChI=1S/C15H11BrClIO3/c1-20-9-6-10(16)14(13(7-9)21-2)15(19)8-3-4-12(18)11(17)5-8/h3-7H,1-2H3. The van der Waals surface area contributed by atoms with Gasteiger partial charge in [-0.2, -0.15) is 0 Å². The lowest BCUT2D eigenvalue weighted by molar-refractivity contribution is 0.103. The Bertz CT molecular complexity index is 704. The van der Waals surface area contributed by atoms with Crippen molar-refractivity contribution >= 4 is 55.9 Å². The molecule has 0 aliphatic carbocycles. The van der Waals surface area contributed by atoms with Crippen molar-refractivity contribution in [3.8, 4) is 11.5 Å². The van der Waals surface area contributed by atoms with E-state index in [2.05, 4.69) is 38.5 Å². The number of ketones is 1. The van der Waals surface area contributed by atoms with Crippen LogP contribution in [0.2, 0.25) is 5.02 Å². The number of rotatable bonds is 4. The van der Waals surface area contributed by atoms with Gasteiger partial charge in [-0.1, -0.05) is 11.6 Å². The second kappa shape index (κ2) is 6.98. The normalized spacial score (nSPS) is 10.3. The fourth-order valence-corrected chi connectivity index (χ4v) is 2.96. The molecule has 0 bridgehead atoms. The Morgan fingerprint density at radius 2 is 1.90 bits per heavy atom. The molecule has 0 N–H and O–H groups in total. The van der Waals surface area contributed by atoms with E-state index in [9.17, 15) is 4.79 Å². The maximum absolute atomic E-state index is 12.7. The Morgan fingerprint density at radius 3 is 2.48 bits per heavy atom. The summed E-state index contributed by atoms with van der Waals surface area (Å²) in [7, 11) is 3.07. The van der Waals surface area contributed by atoms with Gasteiger partial charge in [0, 0.05) is 19.7 Å². The Morgan fingerprint density at radius 1 is 1.19 bits per heavy atom. The van der Waals surface area contributed by atoms with Crippen molar-refractivity contribution in [1.29, 1.82) is 0 Å². The van der Waals surface area contributed by atoms with Crippen molar-refractivity contribution in [2.45, 2.75) is 0 Å². The van der Waals surface area contributed by atoms with E-state index in [-0.39, 0.29) is 5.78 Å². The number of methoxy groups -OCH3 is 2. The number of benzene rings is 2. The third kappa shape index (κ3) is 3.52. The van der Waals surface area contributed by atoms with Gasteiger partial charge in [-0.05, 0) is 62.8 Å². The Labute approximate surface area is 149 Å². The molecule has 6 heteroatoms. The van der Waals surface area contributed by atoms with Crippen LogP contribution in [0.15, 0.2) is 34.8 Å². The van der Waals surface area contributed by atoms with Gasteiger partial charge >= 0.3 is 0 Å². The lowest BCUT2D eigenvalue weighted by Gasteiger charge is -2.12. The van der Waals surface area contributed by atoms with Gasteiger partial charge in [0.1, 0.15) is 11.5 Å². The van der Waals surface area contributed by atoms with Crippen molar-refractivity contribution in [3.63, 3.8) is 0 Å². The van der Waals surface area contributed by atoms with E-state index < -0.39 is 0 Å². The summed E-state index contributed by atoms with van der Waals surface area (Å²) in [4.78, 5) is 12.7. The summed E-state index contributed by atoms with van der Waals surface area (Å²) < 4.78 is 12.0. The quantitative estimate of drug-likeness (QED) is 0.458. The lowest BCUT2D eigenvalue weighted by atomic mass is 10.0. The van der Waals surface area contributed by atoms with E-state index in [1.165, 1.54) is 7.11 Å². The highest BCUT2D eigenvalue weighted by atomic mass is 127. The zero-order chi connectivity index (χ0) is 15.6. The van der Waals surface area contributed by atoms with E-state index >= 15 is 0 Å². The topological polar surface area (TPSA) is 35.5 Å². The van der Waals surface area contributed by atoms with Crippen LogP contribution in [-0.4, -0.2) is 20.0 Å². The highest BCUT2D eigenvalue weighted by Crippen LogP contribution is 2.34. The molecular formula is C15H11BrClIO3. The van der Waals surface area contributed by atoms with E-state index in [1.54, 1.807) is 37.4 Å². The van der Waals surface area contributed by atoms with Crippen LogP contribution < -0.4 is 9.47 Å². The Balaban J connectivity index is 2.54. The average molecular weight is 482 g/mol. The molecule has 0 aromatic heterocycles. The first kappa shape index (κ1) is 16.6. The molecule has 2 aromatic carbocycles. The first-order valence-electron chi connectivity index (χ1n) is 5.89. The molecule has 0 saturated carbocycles. The minimum Gasteiger partial charge on any atom is -0.497 e.